The van der Waals surface area contributed by atoms with Gasteiger partial charge < -0.3 is 10.0 Å². The second-order valence-corrected chi connectivity index (χ2v) is 4.64. The second-order valence-electron chi connectivity index (χ2n) is 4.64. The highest BCUT2D eigenvalue weighted by atomic mass is 19.4. The van der Waals surface area contributed by atoms with Gasteiger partial charge in [0, 0.05) is 25.2 Å². The number of carboxylic acids is 1. The Morgan fingerprint density at radius 1 is 1.25 bits per heavy atom. The summed E-state index contributed by atoms with van der Waals surface area (Å²) >= 11 is 0. The molecule has 3 nitrogen and oxygen atoms in total. The summed E-state index contributed by atoms with van der Waals surface area (Å²) in [6, 6.07) is 7.28. The van der Waals surface area contributed by atoms with Crippen molar-refractivity contribution in [2.75, 3.05) is 18.0 Å². The van der Waals surface area contributed by atoms with Crippen LogP contribution in [-0.2, 0) is 4.79 Å². The van der Waals surface area contributed by atoms with Crippen LogP contribution in [0.1, 0.15) is 24.8 Å². The molecule has 0 aromatic heterocycles. The Balaban J connectivity index is 2.70. The quantitative estimate of drug-likeness (QED) is 0.833. The topological polar surface area (TPSA) is 40.5 Å². The summed E-state index contributed by atoms with van der Waals surface area (Å²) in [5.74, 6) is -0.959. The first kappa shape index (κ1) is 16.3. The Hall–Kier alpha value is -1.72. The molecule has 112 valence electrons. The van der Waals surface area contributed by atoms with Gasteiger partial charge in [-0.25, -0.2) is 0 Å². The van der Waals surface area contributed by atoms with Gasteiger partial charge in [0.15, 0.2) is 0 Å². The summed E-state index contributed by atoms with van der Waals surface area (Å²) in [4.78, 5) is 12.3. The Kier molecular flexibility index (Phi) is 5.85. The number of rotatable bonds is 7. The number of nitrogens with zero attached hydrogens (tertiary/aromatic N) is 1. The summed E-state index contributed by atoms with van der Waals surface area (Å²) in [6.07, 6.45) is -5.18. The van der Waals surface area contributed by atoms with Gasteiger partial charge in [-0.2, -0.15) is 13.2 Å². The third-order valence-electron chi connectivity index (χ3n) is 2.94. The van der Waals surface area contributed by atoms with Crippen molar-refractivity contribution in [3.63, 3.8) is 0 Å². The Morgan fingerprint density at radius 2 is 1.90 bits per heavy atom. The minimum atomic E-state index is -4.18. The summed E-state index contributed by atoms with van der Waals surface area (Å²) < 4.78 is 36.6. The molecule has 0 aliphatic heterocycles. The van der Waals surface area contributed by atoms with E-state index in [0.717, 1.165) is 11.3 Å². The lowest BCUT2D eigenvalue weighted by molar-refractivity contribution is -0.137. The molecular weight excluding hydrogens is 271 g/mol. The predicted octanol–water partition coefficient (Wildman–Crippen LogP) is 3.62. The highest BCUT2D eigenvalue weighted by molar-refractivity contribution is 5.68. The molecule has 0 fully saturated rings. The fourth-order valence-electron chi connectivity index (χ4n) is 1.97. The molecule has 0 aliphatic carbocycles. The molecule has 0 radical (unpaired) electrons. The zero-order valence-corrected chi connectivity index (χ0v) is 11.3. The molecule has 6 heteroatoms. The minimum absolute atomic E-state index is 0.0442. The maximum atomic E-state index is 12.2. The summed E-state index contributed by atoms with van der Waals surface area (Å²) in [5.41, 5.74) is 1.71. The van der Waals surface area contributed by atoms with Crippen LogP contribution in [0.4, 0.5) is 18.9 Å². The first-order valence-corrected chi connectivity index (χ1v) is 6.39. The highest BCUT2D eigenvalue weighted by Crippen LogP contribution is 2.24. The lowest BCUT2D eigenvalue weighted by atomic mass is 10.1. The number of carbonyl (C=O) groups is 1. The molecule has 1 rings (SSSR count). The van der Waals surface area contributed by atoms with Crippen molar-refractivity contribution in [1.29, 1.82) is 0 Å². The summed E-state index contributed by atoms with van der Waals surface area (Å²) in [5, 5.41) is 8.73. The number of benzene rings is 1. The predicted molar refractivity (Wildman–Crippen MR) is 70.9 cm³/mol. The van der Waals surface area contributed by atoms with E-state index in [1.54, 1.807) is 17.0 Å². The van der Waals surface area contributed by atoms with Crippen LogP contribution < -0.4 is 4.90 Å². The van der Waals surface area contributed by atoms with Crippen molar-refractivity contribution in [3.8, 4) is 0 Å². The van der Waals surface area contributed by atoms with Gasteiger partial charge in [0.2, 0.25) is 0 Å². The van der Waals surface area contributed by atoms with E-state index in [9.17, 15) is 18.0 Å². The van der Waals surface area contributed by atoms with Crippen LogP contribution in [0.15, 0.2) is 24.3 Å². The largest absolute Gasteiger partial charge is 0.481 e. The van der Waals surface area contributed by atoms with Crippen molar-refractivity contribution < 1.29 is 23.1 Å². The normalized spacial score (nSPS) is 11.4. The van der Waals surface area contributed by atoms with Gasteiger partial charge in [-0.15, -0.1) is 0 Å². The molecule has 0 atom stereocenters. The molecular formula is C14H18F3NO2. The number of halogens is 3. The van der Waals surface area contributed by atoms with E-state index in [2.05, 4.69) is 0 Å². The van der Waals surface area contributed by atoms with Crippen molar-refractivity contribution in [1.82, 2.24) is 0 Å². The van der Waals surface area contributed by atoms with Crippen molar-refractivity contribution in [2.24, 2.45) is 0 Å². The summed E-state index contributed by atoms with van der Waals surface area (Å²) in [7, 11) is 0. The maximum absolute atomic E-state index is 12.2. The van der Waals surface area contributed by atoms with Gasteiger partial charge in [0.1, 0.15) is 0 Å². The Labute approximate surface area is 116 Å². The van der Waals surface area contributed by atoms with Gasteiger partial charge in [-0.05, 0) is 25.0 Å². The van der Waals surface area contributed by atoms with Crippen LogP contribution in [0.3, 0.4) is 0 Å². The van der Waals surface area contributed by atoms with Crippen molar-refractivity contribution >= 4 is 11.7 Å². The lowest BCUT2D eigenvalue weighted by Gasteiger charge is -2.26. The monoisotopic (exact) mass is 289 g/mol. The van der Waals surface area contributed by atoms with Gasteiger partial charge in [-0.3, -0.25) is 4.79 Å². The smallest absolute Gasteiger partial charge is 0.389 e. The molecule has 0 aliphatic rings. The number of anilines is 1. The Bertz CT molecular complexity index is 446. The number of para-hydroxylation sites is 1. The fraction of sp³-hybridized carbons (Fsp3) is 0.500. The van der Waals surface area contributed by atoms with E-state index >= 15 is 0 Å². The number of hydrogen-bond donors (Lipinski definition) is 1. The zero-order valence-electron chi connectivity index (χ0n) is 11.3. The number of hydrogen-bond acceptors (Lipinski definition) is 2. The average molecular weight is 289 g/mol. The fourth-order valence-corrected chi connectivity index (χ4v) is 1.97. The van der Waals surface area contributed by atoms with Crippen LogP contribution in [0.25, 0.3) is 0 Å². The molecule has 0 saturated carbocycles. The van der Waals surface area contributed by atoms with Crippen molar-refractivity contribution in [3.05, 3.63) is 29.8 Å². The molecule has 0 amide bonds. The van der Waals surface area contributed by atoms with Gasteiger partial charge in [0.25, 0.3) is 0 Å². The number of carboxylic acid groups (broad SMARTS) is 1. The molecule has 0 spiro atoms. The lowest BCUT2D eigenvalue weighted by Crippen LogP contribution is -2.28. The van der Waals surface area contributed by atoms with E-state index < -0.39 is 18.6 Å². The molecule has 0 saturated heterocycles. The maximum Gasteiger partial charge on any atom is 0.389 e. The van der Waals surface area contributed by atoms with Crippen LogP contribution in [0.5, 0.6) is 0 Å². The first-order chi connectivity index (χ1) is 9.29. The molecule has 1 N–H and O–H groups in total. The van der Waals surface area contributed by atoms with Crippen LogP contribution in [0.2, 0.25) is 0 Å². The number of aryl methyl sites for hydroxylation is 1. The number of aliphatic carboxylic acids is 1. The summed E-state index contributed by atoms with van der Waals surface area (Å²) in [6.45, 7) is 2.25. The zero-order chi connectivity index (χ0) is 15.2. The van der Waals surface area contributed by atoms with Gasteiger partial charge in [0.05, 0.1) is 6.42 Å². The Morgan fingerprint density at radius 3 is 2.45 bits per heavy atom. The van der Waals surface area contributed by atoms with E-state index in [-0.39, 0.29) is 25.9 Å². The molecule has 1 aromatic carbocycles. The molecule has 20 heavy (non-hydrogen) atoms. The van der Waals surface area contributed by atoms with Gasteiger partial charge >= 0.3 is 12.1 Å². The minimum Gasteiger partial charge on any atom is -0.481 e. The van der Waals surface area contributed by atoms with E-state index in [1.165, 1.54) is 0 Å². The van der Waals surface area contributed by atoms with E-state index in [1.807, 2.05) is 19.1 Å². The molecule has 0 heterocycles. The standard InChI is InChI=1S/C14H18F3NO2/c1-11-5-2-3-6-12(11)18(10-7-13(19)20)9-4-8-14(15,16)17/h2-3,5-6H,4,7-10H2,1H3,(H,19,20). The first-order valence-electron chi connectivity index (χ1n) is 6.39. The molecule has 1 aromatic rings. The van der Waals surface area contributed by atoms with Crippen LogP contribution in [-0.4, -0.2) is 30.3 Å². The third-order valence-corrected chi connectivity index (χ3v) is 2.94. The molecule has 0 bridgehead atoms. The second kappa shape index (κ2) is 7.17. The highest BCUT2D eigenvalue weighted by Gasteiger charge is 2.26. The van der Waals surface area contributed by atoms with E-state index in [4.69, 9.17) is 5.11 Å². The van der Waals surface area contributed by atoms with Gasteiger partial charge in [-0.1, -0.05) is 18.2 Å². The molecule has 0 unspecified atom stereocenters. The van der Waals surface area contributed by atoms with Crippen LogP contribution >= 0.6 is 0 Å². The van der Waals surface area contributed by atoms with Crippen LogP contribution in [0, 0.1) is 6.92 Å². The van der Waals surface area contributed by atoms with Crippen molar-refractivity contribution in [2.45, 2.75) is 32.4 Å². The average Bonchev–Trinajstić information content (AvgIpc) is 2.33. The SMILES string of the molecule is Cc1ccccc1N(CCCC(F)(F)F)CCC(=O)O. The number of alkyl halides is 3. The third kappa shape index (κ3) is 5.95. The van der Waals surface area contributed by atoms with E-state index in [0.29, 0.717) is 0 Å².